The molecule has 1 unspecified atom stereocenters. The van der Waals surface area contributed by atoms with Gasteiger partial charge in [-0.15, -0.1) is 0 Å². The molecule has 0 saturated carbocycles. The minimum absolute atomic E-state index is 0.0207. The summed E-state index contributed by atoms with van der Waals surface area (Å²) in [5.41, 5.74) is 0. The Hall–Kier alpha value is -7.39. The van der Waals surface area contributed by atoms with Crippen LogP contribution in [0.3, 0.4) is 0 Å². The summed E-state index contributed by atoms with van der Waals surface area (Å²) in [4.78, 5) is 177. The molecule has 0 aromatic heterocycles. The van der Waals surface area contributed by atoms with Crippen molar-refractivity contribution in [2.24, 2.45) is 0 Å². The third-order valence-electron chi connectivity index (χ3n) is 8.38. The van der Waals surface area contributed by atoms with E-state index in [9.17, 15) is 71.9 Å². The van der Waals surface area contributed by atoms with Crippen molar-refractivity contribution in [3.63, 3.8) is 0 Å². The van der Waals surface area contributed by atoms with Gasteiger partial charge in [0.15, 0.2) is 5.78 Å². The first-order valence-corrected chi connectivity index (χ1v) is 20.6. The Bertz CT molecular complexity index is 1770. The number of rotatable bonds is 35. The Balaban J connectivity index is 4.02. The van der Waals surface area contributed by atoms with E-state index in [1.165, 1.54) is 13.8 Å². The van der Waals surface area contributed by atoms with Crippen molar-refractivity contribution in [2.75, 3.05) is 85.6 Å². The van der Waals surface area contributed by atoms with E-state index in [1.807, 2.05) is 0 Å². The lowest BCUT2D eigenvalue weighted by Crippen LogP contribution is -2.48. The molecule has 28 heteroatoms. The SMILES string of the molecule is CNC(CCCCCC(=O)CNC(=O)CNC(=O)CNC(=O)CNC(=O)CNC(=O)CNC(=O)CNC(=O)CNC(=O)CNC(=O)CNC(=O)CNC(=O)CNC(=O)CCC(C)=O)C(C)=O. The van der Waals surface area contributed by atoms with E-state index in [4.69, 9.17) is 0 Å². The van der Waals surface area contributed by atoms with Gasteiger partial charge in [0.05, 0.1) is 84.6 Å². The van der Waals surface area contributed by atoms with Gasteiger partial charge < -0.3 is 73.9 Å². The van der Waals surface area contributed by atoms with Crippen molar-refractivity contribution >= 4 is 88.2 Å². The summed E-state index contributed by atoms with van der Waals surface area (Å²) in [5, 5.41) is 29.5. The van der Waals surface area contributed by atoms with Crippen LogP contribution >= 0.6 is 0 Å². The molecule has 368 valence electrons. The van der Waals surface area contributed by atoms with Gasteiger partial charge in [0.1, 0.15) is 11.6 Å². The quantitative estimate of drug-likeness (QED) is 0.0263. The fourth-order valence-electron chi connectivity index (χ4n) is 4.72. The van der Waals surface area contributed by atoms with Crippen molar-refractivity contribution < 1.29 is 71.9 Å². The normalized spacial score (nSPS) is 10.6. The van der Waals surface area contributed by atoms with Crippen LogP contribution in [0.25, 0.3) is 0 Å². The number of ketones is 3. The highest BCUT2D eigenvalue weighted by molar-refractivity contribution is 5.95. The van der Waals surface area contributed by atoms with Crippen LogP contribution in [0.5, 0.6) is 0 Å². The second kappa shape index (κ2) is 35.0. The molecule has 66 heavy (non-hydrogen) atoms. The number of likely N-dealkylation sites (N-methyl/N-ethyl adjacent to an activating group) is 1. The lowest BCUT2D eigenvalue weighted by atomic mass is 10.0. The molecule has 0 aromatic carbocycles. The summed E-state index contributed by atoms with van der Waals surface area (Å²) in [6, 6.07) is -0.215. The summed E-state index contributed by atoms with van der Waals surface area (Å²) in [6.45, 7) is -3.38. The number of carbonyl (C=O) groups is 15. The second-order valence-electron chi connectivity index (χ2n) is 14.1. The van der Waals surface area contributed by atoms with Gasteiger partial charge in [-0.05, 0) is 33.7 Å². The summed E-state index contributed by atoms with van der Waals surface area (Å²) in [5.74, 6) is -9.21. The molecule has 0 aliphatic rings. The van der Waals surface area contributed by atoms with E-state index < -0.39 is 143 Å². The Morgan fingerprint density at radius 2 is 0.561 bits per heavy atom. The van der Waals surface area contributed by atoms with Crippen LogP contribution in [0.4, 0.5) is 0 Å². The molecule has 0 heterocycles. The first-order chi connectivity index (χ1) is 31.2. The summed E-state index contributed by atoms with van der Waals surface area (Å²) in [7, 11) is 1.71. The van der Waals surface area contributed by atoms with E-state index in [1.54, 1.807) is 7.05 Å². The lowest BCUT2D eigenvalue weighted by molar-refractivity contribution is -0.130. The molecule has 0 radical (unpaired) electrons. The topological polar surface area (TPSA) is 412 Å². The molecule has 0 aromatic rings. The predicted molar refractivity (Wildman–Crippen MR) is 228 cm³/mol. The fourth-order valence-corrected chi connectivity index (χ4v) is 4.72. The molecule has 13 N–H and O–H groups in total. The maximum absolute atomic E-state index is 12.0. The molecule has 0 aliphatic heterocycles. The van der Waals surface area contributed by atoms with Crippen molar-refractivity contribution in [3.8, 4) is 0 Å². The predicted octanol–water partition coefficient (Wildman–Crippen LogP) is -8.55. The lowest BCUT2D eigenvalue weighted by Gasteiger charge is -2.11. The smallest absolute Gasteiger partial charge is 0.239 e. The van der Waals surface area contributed by atoms with Crippen LogP contribution in [0, 0.1) is 0 Å². The molecule has 0 rings (SSSR count). The highest BCUT2D eigenvalue weighted by atomic mass is 16.2. The molecule has 12 amide bonds. The van der Waals surface area contributed by atoms with E-state index in [0.717, 1.165) is 12.8 Å². The zero-order valence-corrected chi connectivity index (χ0v) is 37.1. The van der Waals surface area contributed by atoms with Gasteiger partial charge in [-0.25, -0.2) is 0 Å². The van der Waals surface area contributed by atoms with Crippen molar-refractivity contribution in [1.82, 2.24) is 69.1 Å². The Kier molecular flexibility index (Phi) is 31.1. The zero-order valence-electron chi connectivity index (χ0n) is 37.1. The standard InChI is InChI=1S/C38H61N13O15/c1-23(52)9-10-27(55)41-12-29(57)43-14-31(59)45-16-33(61)47-18-35(63)49-20-37(65)51-22-38(66)50-21-36(64)48-19-34(62)46-17-32(60)44-15-30(58)42-13-28(56)40-11-25(54)7-5-4-6-8-26(39-3)24(2)53/h26,39H,4-22H2,1-3H3,(H,40,56)(H,41,55)(H,42,58)(H,43,57)(H,44,60)(H,45,59)(H,46,62)(H,47,61)(H,48,64)(H,49,63)(H,50,66)(H,51,65). The van der Waals surface area contributed by atoms with Crippen molar-refractivity contribution in [3.05, 3.63) is 0 Å². The molecule has 0 bridgehead atoms. The molecule has 0 aliphatic carbocycles. The van der Waals surface area contributed by atoms with E-state index >= 15 is 0 Å². The fraction of sp³-hybridized carbons (Fsp3) is 0.605. The largest absolute Gasteiger partial charge is 0.347 e. The maximum atomic E-state index is 12.0. The summed E-state index contributed by atoms with van der Waals surface area (Å²) >= 11 is 0. The van der Waals surface area contributed by atoms with Crippen LogP contribution < -0.4 is 69.1 Å². The molecular weight excluding hydrogens is 878 g/mol. The molecule has 0 spiro atoms. The minimum Gasteiger partial charge on any atom is -0.347 e. The molecule has 0 fully saturated rings. The van der Waals surface area contributed by atoms with Crippen LogP contribution in [0.1, 0.15) is 58.8 Å². The van der Waals surface area contributed by atoms with Crippen LogP contribution in [-0.4, -0.2) is 180 Å². The Morgan fingerprint density at radius 3 is 0.803 bits per heavy atom. The average Bonchev–Trinajstić information content (AvgIpc) is 3.28. The Morgan fingerprint density at radius 1 is 0.303 bits per heavy atom. The van der Waals surface area contributed by atoms with Crippen molar-refractivity contribution in [2.45, 2.75) is 64.8 Å². The summed E-state index contributed by atoms with van der Waals surface area (Å²) in [6.07, 6.45) is 2.96. The van der Waals surface area contributed by atoms with Crippen LogP contribution in [0.2, 0.25) is 0 Å². The number of hydrogen-bond donors (Lipinski definition) is 13. The highest BCUT2D eigenvalue weighted by Gasteiger charge is 2.15. The number of amides is 12. The minimum atomic E-state index is -0.809. The Labute approximate surface area is 379 Å². The average molecular weight is 940 g/mol. The molecule has 1 atom stereocenters. The van der Waals surface area contributed by atoms with Gasteiger partial charge in [-0.2, -0.15) is 0 Å². The molecule has 0 saturated heterocycles. The van der Waals surface area contributed by atoms with Crippen LogP contribution in [0.15, 0.2) is 0 Å². The number of unbranched alkanes of at least 4 members (excludes halogenated alkanes) is 2. The van der Waals surface area contributed by atoms with E-state index in [2.05, 4.69) is 69.1 Å². The van der Waals surface area contributed by atoms with Gasteiger partial charge in [-0.3, -0.25) is 67.1 Å². The summed E-state index contributed by atoms with van der Waals surface area (Å²) < 4.78 is 0. The van der Waals surface area contributed by atoms with E-state index in [-0.39, 0.29) is 49.2 Å². The zero-order chi connectivity index (χ0) is 49.9. The van der Waals surface area contributed by atoms with E-state index in [0.29, 0.717) is 12.8 Å². The van der Waals surface area contributed by atoms with Gasteiger partial charge in [0, 0.05) is 19.3 Å². The van der Waals surface area contributed by atoms with Gasteiger partial charge in [-0.1, -0.05) is 12.8 Å². The number of Topliss-reactive ketones (excluding diaryl/α,β-unsaturated/α-hetero) is 3. The first kappa shape index (κ1) is 58.6. The third kappa shape index (κ3) is 34.1. The maximum Gasteiger partial charge on any atom is 0.239 e. The van der Waals surface area contributed by atoms with Gasteiger partial charge >= 0.3 is 0 Å². The number of carbonyl (C=O) groups excluding carboxylic acids is 15. The van der Waals surface area contributed by atoms with Crippen LogP contribution in [-0.2, 0) is 71.9 Å². The number of nitrogens with one attached hydrogen (secondary N) is 13. The first-order valence-electron chi connectivity index (χ1n) is 20.6. The molecule has 28 nitrogen and oxygen atoms in total. The van der Waals surface area contributed by atoms with Gasteiger partial charge in [0.25, 0.3) is 0 Å². The highest BCUT2D eigenvalue weighted by Crippen LogP contribution is 2.07. The third-order valence-corrected chi connectivity index (χ3v) is 8.38. The van der Waals surface area contributed by atoms with Crippen molar-refractivity contribution in [1.29, 1.82) is 0 Å². The second-order valence-corrected chi connectivity index (χ2v) is 14.1. The molecular formula is C38H61N13O15. The monoisotopic (exact) mass is 939 g/mol. The number of hydrogen-bond acceptors (Lipinski definition) is 16. The van der Waals surface area contributed by atoms with Gasteiger partial charge in [0.2, 0.25) is 70.9 Å².